The number of aliphatic hydroxyl groups is 1. The number of aryl methyl sites for hydroxylation is 1. The van der Waals surface area contributed by atoms with Crippen LogP contribution in [0, 0.1) is 0 Å². The van der Waals surface area contributed by atoms with Crippen LogP contribution in [-0.2, 0) is 17.1 Å². The second-order valence-corrected chi connectivity index (χ2v) is 7.20. The molecule has 1 aromatic heterocycles. The van der Waals surface area contributed by atoms with Crippen LogP contribution in [-0.4, -0.2) is 47.5 Å². The second-order valence-electron chi connectivity index (χ2n) is 5.31. The Morgan fingerprint density at radius 1 is 1.52 bits per heavy atom. The predicted molar refractivity (Wildman–Crippen MR) is 77.2 cm³/mol. The van der Waals surface area contributed by atoms with Gasteiger partial charge in [-0.25, -0.2) is 8.42 Å². The van der Waals surface area contributed by atoms with E-state index in [1.54, 1.807) is 7.05 Å². The molecule has 21 heavy (non-hydrogen) atoms. The van der Waals surface area contributed by atoms with Crippen molar-refractivity contribution >= 4 is 15.9 Å². The summed E-state index contributed by atoms with van der Waals surface area (Å²) in [4.78, 5) is 11.3. The predicted octanol–water partition coefficient (Wildman–Crippen LogP) is 0.0496. The number of aliphatic hydroxyl groups excluding tert-OH is 1. The summed E-state index contributed by atoms with van der Waals surface area (Å²) < 4.78 is 28.3. The molecule has 1 fully saturated rings. The molecule has 0 radical (unpaired) electrons. The van der Waals surface area contributed by atoms with Gasteiger partial charge in [0.15, 0.2) is 0 Å². The van der Waals surface area contributed by atoms with Gasteiger partial charge >= 0.3 is 0 Å². The summed E-state index contributed by atoms with van der Waals surface area (Å²) in [5.41, 5.74) is 5.38. The number of rotatable bonds is 7. The van der Waals surface area contributed by atoms with E-state index in [0.29, 0.717) is 6.42 Å². The van der Waals surface area contributed by atoms with E-state index in [0.717, 1.165) is 19.3 Å². The minimum atomic E-state index is -3.67. The Labute approximate surface area is 124 Å². The van der Waals surface area contributed by atoms with Crippen molar-refractivity contribution in [2.75, 3.05) is 13.2 Å². The van der Waals surface area contributed by atoms with Crippen LogP contribution in [0.15, 0.2) is 17.2 Å². The number of primary amides is 1. The fraction of sp³-hybridized carbons (Fsp3) is 0.615. The van der Waals surface area contributed by atoms with Gasteiger partial charge in [0.1, 0.15) is 10.6 Å². The van der Waals surface area contributed by atoms with Gasteiger partial charge in [0.05, 0.1) is 0 Å². The molecule has 0 aromatic carbocycles. The van der Waals surface area contributed by atoms with Crippen LogP contribution in [0.1, 0.15) is 36.2 Å². The maximum absolute atomic E-state index is 12.7. The highest BCUT2D eigenvalue weighted by molar-refractivity contribution is 7.89. The Kier molecular flexibility index (Phi) is 4.70. The fourth-order valence-corrected chi connectivity index (χ4v) is 4.25. The summed E-state index contributed by atoms with van der Waals surface area (Å²) in [7, 11) is -2.09. The smallest absolute Gasteiger partial charge is 0.265 e. The van der Waals surface area contributed by atoms with Crippen LogP contribution in [0.25, 0.3) is 0 Å². The van der Waals surface area contributed by atoms with Crippen molar-refractivity contribution in [3.63, 3.8) is 0 Å². The Morgan fingerprint density at radius 3 is 2.62 bits per heavy atom. The van der Waals surface area contributed by atoms with E-state index in [2.05, 4.69) is 0 Å². The van der Waals surface area contributed by atoms with Crippen molar-refractivity contribution in [3.8, 4) is 0 Å². The zero-order valence-corrected chi connectivity index (χ0v) is 12.8. The van der Waals surface area contributed by atoms with Crippen LogP contribution < -0.4 is 5.73 Å². The maximum atomic E-state index is 12.7. The van der Waals surface area contributed by atoms with E-state index in [1.807, 2.05) is 0 Å². The molecule has 118 valence electrons. The third-order valence-electron chi connectivity index (χ3n) is 3.86. The molecule has 1 aliphatic rings. The highest BCUT2D eigenvalue weighted by atomic mass is 32.2. The molecular weight excluding hydrogens is 294 g/mol. The van der Waals surface area contributed by atoms with Gasteiger partial charge in [-0.05, 0) is 25.3 Å². The van der Waals surface area contributed by atoms with Crippen LogP contribution in [0.5, 0.6) is 0 Å². The van der Waals surface area contributed by atoms with Crippen molar-refractivity contribution in [1.29, 1.82) is 0 Å². The molecule has 0 bridgehead atoms. The minimum absolute atomic E-state index is 0.0150. The summed E-state index contributed by atoms with van der Waals surface area (Å²) >= 11 is 0. The van der Waals surface area contributed by atoms with Gasteiger partial charge < -0.3 is 15.4 Å². The quantitative estimate of drug-likeness (QED) is 0.741. The monoisotopic (exact) mass is 315 g/mol. The Balaban J connectivity index is 2.33. The molecule has 7 nitrogen and oxygen atoms in total. The van der Waals surface area contributed by atoms with Crippen molar-refractivity contribution in [1.82, 2.24) is 8.87 Å². The standard InChI is InChI=1S/C13H21N3O4S/c1-15-9-11(8-12(15)13(14)18)21(19,20)16(6-3-7-17)10-4-2-5-10/h8-10,17H,2-7H2,1H3,(H2,14,18). The lowest BCUT2D eigenvalue weighted by Gasteiger charge is -2.36. The van der Waals surface area contributed by atoms with E-state index >= 15 is 0 Å². The molecule has 0 aliphatic heterocycles. The third kappa shape index (κ3) is 3.12. The van der Waals surface area contributed by atoms with Gasteiger partial charge in [-0.1, -0.05) is 6.42 Å². The number of carbonyl (C=O) groups excluding carboxylic acids is 1. The van der Waals surface area contributed by atoms with Crippen LogP contribution >= 0.6 is 0 Å². The first-order chi connectivity index (χ1) is 9.87. The van der Waals surface area contributed by atoms with Crippen molar-refractivity contribution in [2.45, 2.75) is 36.6 Å². The highest BCUT2D eigenvalue weighted by Crippen LogP contribution is 2.30. The van der Waals surface area contributed by atoms with Crippen molar-refractivity contribution < 1.29 is 18.3 Å². The minimum Gasteiger partial charge on any atom is -0.396 e. The number of nitrogens with zero attached hydrogens (tertiary/aromatic N) is 2. The molecule has 1 heterocycles. The molecular formula is C13H21N3O4S. The lowest BCUT2D eigenvalue weighted by molar-refractivity contribution is 0.0992. The molecule has 0 atom stereocenters. The molecule has 0 spiro atoms. The first-order valence-corrected chi connectivity index (χ1v) is 8.41. The topological polar surface area (TPSA) is 106 Å². The Hall–Kier alpha value is -1.38. The lowest BCUT2D eigenvalue weighted by atomic mass is 9.93. The number of aromatic nitrogens is 1. The number of carbonyl (C=O) groups is 1. The van der Waals surface area contributed by atoms with Gasteiger partial charge in [-0.15, -0.1) is 0 Å². The van der Waals surface area contributed by atoms with Gasteiger partial charge in [0.2, 0.25) is 10.0 Å². The summed E-state index contributed by atoms with van der Waals surface area (Å²) in [6, 6.07) is 1.29. The number of sulfonamides is 1. The molecule has 8 heteroatoms. The first-order valence-electron chi connectivity index (χ1n) is 6.97. The van der Waals surface area contributed by atoms with Crippen LogP contribution in [0.4, 0.5) is 0 Å². The molecule has 1 aliphatic carbocycles. The van der Waals surface area contributed by atoms with Gasteiger partial charge in [-0.3, -0.25) is 4.79 Å². The van der Waals surface area contributed by atoms with Gasteiger partial charge in [0.25, 0.3) is 5.91 Å². The zero-order chi connectivity index (χ0) is 15.6. The maximum Gasteiger partial charge on any atom is 0.265 e. The molecule has 0 unspecified atom stereocenters. The molecule has 2 rings (SSSR count). The van der Waals surface area contributed by atoms with Gasteiger partial charge in [0, 0.05) is 32.4 Å². The zero-order valence-electron chi connectivity index (χ0n) is 12.0. The molecule has 1 saturated carbocycles. The highest BCUT2D eigenvalue weighted by Gasteiger charge is 2.35. The molecule has 3 N–H and O–H groups in total. The summed E-state index contributed by atoms with van der Waals surface area (Å²) in [5.74, 6) is -0.662. The van der Waals surface area contributed by atoms with E-state index in [1.165, 1.54) is 21.1 Å². The summed E-state index contributed by atoms with van der Waals surface area (Å²) in [6.45, 7) is 0.227. The summed E-state index contributed by atoms with van der Waals surface area (Å²) in [6.07, 6.45) is 4.47. The molecule has 1 amide bonds. The third-order valence-corrected chi connectivity index (χ3v) is 5.77. The lowest BCUT2D eigenvalue weighted by Crippen LogP contribution is -2.44. The largest absolute Gasteiger partial charge is 0.396 e. The molecule has 1 aromatic rings. The van der Waals surface area contributed by atoms with Crippen molar-refractivity contribution in [3.05, 3.63) is 18.0 Å². The summed E-state index contributed by atoms with van der Waals surface area (Å²) in [5, 5.41) is 8.96. The number of hydrogen-bond donors (Lipinski definition) is 2. The number of amides is 1. The van der Waals surface area contributed by atoms with E-state index < -0.39 is 15.9 Å². The van der Waals surface area contributed by atoms with Gasteiger partial charge in [-0.2, -0.15) is 4.31 Å². The van der Waals surface area contributed by atoms with E-state index in [-0.39, 0.29) is 29.8 Å². The number of hydrogen-bond acceptors (Lipinski definition) is 4. The normalized spacial score (nSPS) is 16.1. The second kappa shape index (κ2) is 6.17. The average molecular weight is 315 g/mol. The van der Waals surface area contributed by atoms with Crippen molar-refractivity contribution in [2.24, 2.45) is 12.8 Å². The average Bonchev–Trinajstić information content (AvgIpc) is 2.74. The SMILES string of the molecule is Cn1cc(S(=O)(=O)N(CCCO)C2CCC2)cc1C(N)=O. The van der Waals surface area contributed by atoms with E-state index in [4.69, 9.17) is 10.8 Å². The van der Waals surface area contributed by atoms with Crippen LogP contribution in [0.3, 0.4) is 0 Å². The Bertz CT molecular complexity index is 619. The van der Waals surface area contributed by atoms with Crippen LogP contribution in [0.2, 0.25) is 0 Å². The van der Waals surface area contributed by atoms with E-state index in [9.17, 15) is 13.2 Å². The number of nitrogens with two attached hydrogens (primary N) is 1. The fourth-order valence-electron chi connectivity index (χ4n) is 2.46. The first kappa shape index (κ1) is 16.0. The Morgan fingerprint density at radius 2 is 2.19 bits per heavy atom. The molecule has 0 saturated heterocycles.